The number of benzene rings is 1. The van der Waals surface area contributed by atoms with Crippen molar-refractivity contribution >= 4 is 28.1 Å². The summed E-state index contributed by atoms with van der Waals surface area (Å²) in [6, 6.07) is 4.42. The number of thiazole rings is 1. The minimum Gasteiger partial charge on any atom is -0.358 e. The van der Waals surface area contributed by atoms with Crippen LogP contribution in [0, 0.1) is 12.7 Å². The molecule has 0 saturated carbocycles. The Hall–Kier alpha value is -2.25. The van der Waals surface area contributed by atoms with E-state index < -0.39 is 0 Å². The summed E-state index contributed by atoms with van der Waals surface area (Å²) in [5, 5.41) is 6.40. The van der Waals surface area contributed by atoms with E-state index in [1.807, 2.05) is 12.3 Å². The van der Waals surface area contributed by atoms with Gasteiger partial charge in [0.05, 0.1) is 17.8 Å². The zero-order valence-corrected chi connectivity index (χ0v) is 16.0. The van der Waals surface area contributed by atoms with Crippen molar-refractivity contribution in [3.63, 3.8) is 0 Å². The molecule has 138 valence electrons. The molecule has 1 amide bonds. The number of halogens is 1. The van der Waals surface area contributed by atoms with Gasteiger partial charge >= 0.3 is 0 Å². The van der Waals surface area contributed by atoms with Crippen molar-refractivity contribution in [3.05, 3.63) is 51.4 Å². The highest BCUT2D eigenvalue weighted by Crippen LogP contribution is 2.23. The minimum atomic E-state index is -0.355. The summed E-state index contributed by atoms with van der Waals surface area (Å²) in [6.07, 6.45) is 0. The lowest BCUT2D eigenvalue weighted by Gasteiger charge is -2.15. The van der Waals surface area contributed by atoms with Crippen LogP contribution < -0.4 is 5.32 Å². The molecule has 0 saturated heterocycles. The molecular formula is C19H23FN4OS. The molecular weight excluding hydrogens is 351 g/mol. The van der Waals surface area contributed by atoms with Gasteiger partial charge in [0.2, 0.25) is 0 Å². The van der Waals surface area contributed by atoms with Gasteiger partial charge in [-0.3, -0.25) is 9.69 Å². The number of carbonyl (C=O) groups excluding carboxylic acids is 1. The van der Waals surface area contributed by atoms with Gasteiger partial charge in [-0.15, -0.1) is 11.3 Å². The summed E-state index contributed by atoms with van der Waals surface area (Å²) in [5.41, 5.74) is 2.99. The molecule has 3 rings (SSSR count). The minimum absolute atomic E-state index is 0.222. The number of nitrogens with one attached hydrogen (secondary N) is 2. The monoisotopic (exact) mass is 374 g/mol. The lowest BCUT2D eigenvalue weighted by Crippen LogP contribution is -2.24. The number of nitrogens with zero attached hydrogens (tertiary/aromatic N) is 2. The SMILES string of the molecule is CCN(CC)Cc1csc(CNC(=O)c2c(C)[nH]c3ccc(F)cc23)n1. The van der Waals surface area contributed by atoms with Crippen LogP contribution in [-0.4, -0.2) is 33.9 Å². The van der Waals surface area contributed by atoms with Gasteiger partial charge in [0.1, 0.15) is 10.8 Å². The second-order valence-electron chi connectivity index (χ2n) is 6.19. The van der Waals surface area contributed by atoms with Gasteiger partial charge in [0.15, 0.2) is 0 Å². The molecule has 1 aromatic carbocycles. The van der Waals surface area contributed by atoms with Crippen LogP contribution in [-0.2, 0) is 13.1 Å². The fourth-order valence-electron chi connectivity index (χ4n) is 3.01. The lowest BCUT2D eigenvalue weighted by molar-refractivity contribution is 0.0952. The third kappa shape index (κ3) is 3.94. The topological polar surface area (TPSA) is 61.0 Å². The first kappa shape index (κ1) is 18.5. The van der Waals surface area contributed by atoms with E-state index in [4.69, 9.17) is 0 Å². The van der Waals surface area contributed by atoms with Crippen molar-refractivity contribution in [1.82, 2.24) is 20.2 Å². The Kier molecular flexibility index (Phi) is 5.68. The van der Waals surface area contributed by atoms with Crippen molar-refractivity contribution < 1.29 is 9.18 Å². The van der Waals surface area contributed by atoms with Gasteiger partial charge in [-0.05, 0) is 38.2 Å². The molecule has 3 aromatic rings. The van der Waals surface area contributed by atoms with Crippen molar-refractivity contribution in [2.24, 2.45) is 0 Å². The highest BCUT2D eigenvalue weighted by atomic mass is 32.1. The molecule has 2 aromatic heterocycles. The van der Waals surface area contributed by atoms with Gasteiger partial charge < -0.3 is 10.3 Å². The lowest BCUT2D eigenvalue weighted by atomic mass is 10.1. The van der Waals surface area contributed by atoms with E-state index in [1.54, 1.807) is 17.4 Å². The van der Waals surface area contributed by atoms with Crippen molar-refractivity contribution in [1.29, 1.82) is 0 Å². The van der Waals surface area contributed by atoms with Gasteiger partial charge in [0.25, 0.3) is 5.91 Å². The number of H-pyrrole nitrogens is 1. The van der Waals surface area contributed by atoms with E-state index in [1.165, 1.54) is 12.1 Å². The van der Waals surface area contributed by atoms with Crippen molar-refractivity contribution in [2.75, 3.05) is 13.1 Å². The number of amides is 1. The molecule has 7 heteroatoms. The van der Waals surface area contributed by atoms with E-state index in [0.717, 1.165) is 41.5 Å². The van der Waals surface area contributed by atoms with Crippen LogP contribution in [0.4, 0.5) is 4.39 Å². The maximum atomic E-state index is 13.5. The predicted molar refractivity (Wildman–Crippen MR) is 103 cm³/mol. The Labute approximate surface area is 156 Å². The molecule has 0 atom stereocenters. The average molecular weight is 374 g/mol. The Morgan fingerprint density at radius 2 is 2.12 bits per heavy atom. The van der Waals surface area contributed by atoms with Gasteiger partial charge in [-0.25, -0.2) is 9.37 Å². The van der Waals surface area contributed by atoms with E-state index in [2.05, 4.69) is 34.0 Å². The summed E-state index contributed by atoms with van der Waals surface area (Å²) < 4.78 is 13.5. The molecule has 0 unspecified atom stereocenters. The quantitative estimate of drug-likeness (QED) is 0.660. The Bertz CT molecular complexity index is 914. The van der Waals surface area contributed by atoms with E-state index in [9.17, 15) is 9.18 Å². The number of aryl methyl sites for hydroxylation is 1. The molecule has 0 radical (unpaired) electrons. The molecule has 0 aliphatic heterocycles. The zero-order chi connectivity index (χ0) is 18.7. The average Bonchev–Trinajstić information content (AvgIpc) is 3.20. The normalized spacial score (nSPS) is 11.4. The summed E-state index contributed by atoms with van der Waals surface area (Å²) in [5.74, 6) is -0.577. The van der Waals surface area contributed by atoms with E-state index in [-0.39, 0.29) is 11.7 Å². The molecule has 5 nitrogen and oxygen atoms in total. The maximum absolute atomic E-state index is 13.5. The van der Waals surface area contributed by atoms with E-state index >= 15 is 0 Å². The first-order valence-electron chi connectivity index (χ1n) is 8.73. The Morgan fingerprint density at radius 1 is 1.35 bits per heavy atom. The van der Waals surface area contributed by atoms with Crippen LogP contribution >= 0.6 is 11.3 Å². The first-order valence-corrected chi connectivity index (χ1v) is 9.61. The van der Waals surface area contributed by atoms with Crippen LogP contribution in [0.1, 0.15) is 40.6 Å². The van der Waals surface area contributed by atoms with Crippen LogP contribution in [0.2, 0.25) is 0 Å². The molecule has 0 fully saturated rings. The number of hydrogen-bond donors (Lipinski definition) is 2. The van der Waals surface area contributed by atoms with Crippen LogP contribution in [0.15, 0.2) is 23.6 Å². The van der Waals surface area contributed by atoms with Crippen LogP contribution in [0.5, 0.6) is 0 Å². The number of rotatable bonds is 7. The molecule has 0 spiro atoms. The molecule has 0 bridgehead atoms. The van der Waals surface area contributed by atoms with Crippen molar-refractivity contribution in [3.8, 4) is 0 Å². The van der Waals surface area contributed by atoms with Crippen LogP contribution in [0.25, 0.3) is 10.9 Å². The number of fused-ring (bicyclic) bond motifs is 1. The summed E-state index contributed by atoms with van der Waals surface area (Å²) in [4.78, 5) is 22.6. The summed E-state index contributed by atoms with van der Waals surface area (Å²) in [7, 11) is 0. The molecule has 2 heterocycles. The standard InChI is InChI=1S/C19H23FN4OS/c1-4-24(5-2)10-14-11-26-17(23-14)9-21-19(25)18-12(3)22-16-7-6-13(20)8-15(16)18/h6-8,11,22H,4-5,9-10H2,1-3H3,(H,21,25). The number of hydrogen-bond acceptors (Lipinski definition) is 4. The number of aromatic amines is 1. The van der Waals surface area contributed by atoms with E-state index in [0.29, 0.717) is 17.5 Å². The first-order chi connectivity index (χ1) is 12.5. The Balaban J connectivity index is 1.69. The molecule has 0 aliphatic rings. The number of aromatic nitrogens is 2. The summed E-state index contributed by atoms with van der Waals surface area (Å²) in [6.45, 7) is 9.22. The third-order valence-electron chi connectivity index (χ3n) is 4.45. The second kappa shape index (κ2) is 7.97. The fourth-order valence-corrected chi connectivity index (χ4v) is 3.74. The van der Waals surface area contributed by atoms with Gasteiger partial charge in [0, 0.05) is 28.5 Å². The smallest absolute Gasteiger partial charge is 0.254 e. The van der Waals surface area contributed by atoms with Crippen molar-refractivity contribution in [2.45, 2.75) is 33.9 Å². The van der Waals surface area contributed by atoms with Crippen LogP contribution in [0.3, 0.4) is 0 Å². The largest absolute Gasteiger partial charge is 0.358 e. The highest BCUT2D eigenvalue weighted by molar-refractivity contribution is 7.09. The van der Waals surface area contributed by atoms with Gasteiger partial charge in [-0.2, -0.15) is 0 Å². The highest BCUT2D eigenvalue weighted by Gasteiger charge is 2.17. The predicted octanol–water partition coefficient (Wildman–Crippen LogP) is 3.84. The molecule has 26 heavy (non-hydrogen) atoms. The third-order valence-corrected chi connectivity index (χ3v) is 5.35. The summed E-state index contributed by atoms with van der Waals surface area (Å²) >= 11 is 1.54. The molecule has 2 N–H and O–H groups in total. The second-order valence-corrected chi connectivity index (χ2v) is 7.13. The Morgan fingerprint density at radius 3 is 2.85 bits per heavy atom. The van der Waals surface area contributed by atoms with Gasteiger partial charge in [-0.1, -0.05) is 13.8 Å². The number of carbonyl (C=O) groups is 1. The zero-order valence-electron chi connectivity index (χ0n) is 15.2. The molecule has 0 aliphatic carbocycles. The maximum Gasteiger partial charge on any atom is 0.254 e. The fraction of sp³-hybridized carbons (Fsp3) is 0.368.